The monoisotopic (exact) mass is 264 g/mol. The molecule has 19 heavy (non-hydrogen) atoms. The Bertz CT molecular complexity index is 409. The van der Waals surface area contributed by atoms with E-state index in [1.807, 2.05) is 0 Å². The third kappa shape index (κ3) is 5.12. The number of unbranched alkanes of at least 4 members (excludes halogenated alkanes) is 3. The van der Waals surface area contributed by atoms with Gasteiger partial charge in [-0.25, -0.2) is 4.79 Å². The van der Waals surface area contributed by atoms with E-state index in [9.17, 15) is 9.59 Å². The summed E-state index contributed by atoms with van der Waals surface area (Å²) in [7, 11) is 1.54. The fourth-order valence-electron chi connectivity index (χ4n) is 1.62. The number of Topliss-reactive ketones (excluding diaryl/α,β-unsaturated/α-hetero) is 1. The highest BCUT2D eigenvalue weighted by atomic mass is 16.5. The number of hydrogen-bond donors (Lipinski definition) is 0. The van der Waals surface area contributed by atoms with E-state index < -0.39 is 11.8 Å². The molecule has 0 bridgehead atoms. The molecule has 1 aromatic rings. The SMILES string of the molecule is CCCCCCOC(=O)C(=O)c1ccc(OC)cc1. The van der Waals surface area contributed by atoms with Gasteiger partial charge in [0.05, 0.1) is 13.7 Å². The standard InChI is InChI=1S/C15H20O4/c1-3-4-5-6-11-19-15(17)14(16)12-7-9-13(18-2)10-8-12/h7-10H,3-6,11H2,1-2H3. The van der Waals surface area contributed by atoms with Crippen LogP contribution in [0.5, 0.6) is 5.75 Å². The summed E-state index contributed by atoms with van der Waals surface area (Å²) < 4.78 is 9.93. The summed E-state index contributed by atoms with van der Waals surface area (Å²) >= 11 is 0. The van der Waals surface area contributed by atoms with Crippen molar-refractivity contribution in [1.29, 1.82) is 0 Å². The zero-order chi connectivity index (χ0) is 14.1. The Morgan fingerprint density at radius 1 is 1.05 bits per heavy atom. The quantitative estimate of drug-likeness (QED) is 0.313. The highest BCUT2D eigenvalue weighted by Gasteiger charge is 2.17. The van der Waals surface area contributed by atoms with Gasteiger partial charge in [-0.2, -0.15) is 0 Å². The van der Waals surface area contributed by atoms with Crippen molar-refractivity contribution in [3.05, 3.63) is 29.8 Å². The number of carbonyl (C=O) groups excluding carboxylic acids is 2. The van der Waals surface area contributed by atoms with Crippen molar-refractivity contribution in [2.75, 3.05) is 13.7 Å². The molecule has 0 unspecified atom stereocenters. The fourth-order valence-corrected chi connectivity index (χ4v) is 1.62. The molecule has 0 N–H and O–H groups in total. The average molecular weight is 264 g/mol. The second-order valence-corrected chi connectivity index (χ2v) is 4.25. The van der Waals surface area contributed by atoms with Crippen molar-refractivity contribution in [1.82, 2.24) is 0 Å². The van der Waals surface area contributed by atoms with Crippen molar-refractivity contribution in [2.45, 2.75) is 32.6 Å². The number of ether oxygens (including phenoxy) is 2. The Labute approximate surface area is 113 Å². The van der Waals surface area contributed by atoms with Crippen LogP contribution >= 0.6 is 0 Å². The van der Waals surface area contributed by atoms with Crippen LogP contribution in [0.3, 0.4) is 0 Å². The lowest BCUT2D eigenvalue weighted by molar-refractivity contribution is -0.138. The number of benzene rings is 1. The van der Waals surface area contributed by atoms with E-state index in [1.54, 1.807) is 31.4 Å². The van der Waals surface area contributed by atoms with E-state index in [4.69, 9.17) is 9.47 Å². The highest BCUT2D eigenvalue weighted by Crippen LogP contribution is 2.12. The molecule has 1 rings (SSSR count). The molecule has 0 heterocycles. The van der Waals surface area contributed by atoms with Gasteiger partial charge in [0.1, 0.15) is 5.75 Å². The molecule has 0 radical (unpaired) electrons. The Morgan fingerprint density at radius 2 is 1.74 bits per heavy atom. The molecule has 4 nitrogen and oxygen atoms in total. The summed E-state index contributed by atoms with van der Waals surface area (Å²) in [5.41, 5.74) is 0.319. The van der Waals surface area contributed by atoms with Crippen LogP contribution < -0.4 is 4.74 Å². The first-order valence-corrected chi connectivity index (χ1v) is 6.54. The van der Waals surface area contributed by atoms with Crippen LogP contribution in [0.15, 0.2) is 24.3 Å². The largest absolute Gasteiger partial charge is 0.497 e. The molecule has 0 aromatic heterocycles. The normalized spacial score (nSPS) is 10.0. The maximum Gasteiger partial charge on any atom is 0.379 e. The molecule has 104 valence electrons. The van der Waals surface area contributed by atoms with Gasteiger partial charge in [0.15, 0.2) is 0 Å². The van der Waals surface area contributed by atoms with Gasteiger partial charge in [-0.3, -0.25) is 4.79 Å². The minimum absolute atomic E-state index is 0.306. The van der Waals surface area contributed by atoms with Gasteiger partial charge in [-0.15, -0.1) is 0 Å². The second kappa shape index (κ2) is 8.29. The Hall–Kier alpha value is -1.84. The average Bonchev–Trinajstić information content (AvgIpc) is 2.46. The molecule has 0 saturated carbocycles. The van der Waals surface area contributed by atoms with Gasteiger partial charge < -0.3 is 9.47 Å². The van der Waals surface area contributed by atoms with E-state index in [0.29, 0.717) is 17.9 Å². The molecular formula is C15H20O4. The second-order valence-electron chi connectivity index (χ2n) is 4.25. The number of carbonyl (C=O) groups is 2. The highest BCUT2D eigenvalue weighted by molar-refractivity contribution is 6.40. The van der Waals surface area contributed by atoms with Crippen LogP contribution in [0.25, 0.3) is 0 Å². The van der Waals surface area contributed by atoms with Crippen molar-refractivity contribution < 1.29 is 19.1 Å². The van der Waals surface area contributed by atoms with Crippen molar-refractivity contribution in [2.24, 2.45) is 0 Å². The molecule has 4 heteroatoms. The minimum Gasteiger partial charge on any atom is -0.497 e. The third-order valence-corrected chi connectivity index (χ3v) is 2.77. The maximum atomic E-state index is 11.7. The molecule has 0 atom stereocenters. The molecule has 0 fully saturated rings. The van der Waals surface area contributed by atoms with Crippen LogP contribution in [-0.2, 0) is 9.53 Å². The van der Waals surface area contributed by atoms with Gasteiger partial charge in [-0.1, -0.05) is 26.2 Å². The molecule has 0 aliphatic heterocycles. The molecule has 0 amide bonds. The lowest BCUT2D eigenvalue weighted by Crippen LogP contribution is -2.18. The zero-order valence-corrected chi connectivity index (χ0v) is 11.5. The topological polar surface area (TPSA) is 52.6 Å². The number of hydrogen-bond acceptors (Lipinski definition) is 4. The molecule has 0 aliphatic rings. The summed E-state index contributed by atoms with van der Waals surface area (Å²) in [5.74, 6) is -0.760. The van der Waals surface area contributed by atoms with Crippen LogP contribution in [-0.4, -0.2) is 25.5 Å². The molecule has 1 aromatic carbocycles. The molecule has 0 saturated heterocycles. The zero-order valence-electron chi connectivity index (χ0n) is 11.5. The van der Waals surface area contributed by atoms with Gasteiger partial charge in [0, 0.05) is 5.56 Å². The van der Waals surface area contributed by atoms with Crippen molar-refractivity contribution in [3.63, 3.8) is 0 Å². The van der Waals surface area contributed by atoms with Crippen molar-refractivity contribution >= 4 is 11.8 Å². The van der Waals surface area contributed by atoms with E-state index in [0.717, 1.165) is 25.7 Å². The predicted molar refractivity (Wildman–Crippen MR) is 72.4 cm³/mol. The first-order chi connectivity index (χ1) is 9.19. The number of ketones is 1. The van der Waals surface area contributed by atoms with Crippen LogP contribution in [0.2, 0.25) is 0 Å². The summed E-state index contributed by atoms with van der Waals surface area (Å²) in [6.45, 7) is 2.42. The Kier molecular flexibility index (Phi) is 6.64. The first kappa shape index (κ1) is 15.2. The molecule has 0 aliphatic carbocycles. The van der Waals surface area contributed by atoms with E-state index in [2.05, 4.69) is 6.92 Å². The van der Waals surface area contributed by atoms with Crippen LogP contribution in [0.4, 0.5) is 0 Å². The summed E-state index contributed by atoms with van der Waals surface area (Å²) in [4.78, 5) is 23.3. The Morgan fingerprint density at radius 3 is 2.32 bits per heavy atom. The van der Waals surface area contributed by atoms with Gasteiger partial charge in [0.25, 0.3) is 5.78 Å². The van der Waals surface area contributed by atoms with E-state index in [-0.39, 0.29) is 0 Å². The van der Waals surface area contributed by atoms with Crippen LogP contribution in [0, 0.1) is 0 Å². The lowest BCUT2D eigenvalue weighted by Gasteiger charge is -2.04. The minimum atomic E-state index is -0.790. The summed E-state index contributed by atoms with van der Waals surface area (Å²) in [5, 5.41) is 0. The van der Waals surface area contributed by atoms with Gasteiger partial charge >= 0.3 is 5.97 Å². The Balaban J connectivity index is 2.40. The molecule has 0 spiro atoms. The maximum absolute atomic E-state index is 11.7. The van der Waals surface area contributed by atoms with E-state index >= 15 is 0 Å². The number of methoxy groups -OCH3 is 1. The number of rotatable bonds is 8. The lowest BCUT2D eigenvalue weighted by atomic mass is 10.1. The van der Waals surface area contributed by atoms with Crippen molar-refractivity contribution in [3.8, 4) is 5.75 Å². The summed E-state index contributed by atoms with van der Waals surface area (Å²) in [6, 6.07) is 6.39. The first-order valence-electron chi connectivity index (χ1n) is 6.54. The fraction of sp³-hybridized carbons (Fsp3) is 0.467. The summed E-state index contributed by atoms with van der Waals surface area (Å²) in [6.07, 6.45) is 4.05. The smallest absolute Gasteiger partial charge is 0.379 e. The number of esters is 1. The van der Waals surface area contributed by atoms with Gasteiger partial charge in [0.2, 0.25) is 0 Å². The predicted octanol–water partition coefficient (Wildman–Crippen LogP) is 3.00. The van der Waals surface area contributed by atoms with Crippen LogP contribution in [0.1, 0.15) is 43.0 Å². The third-order valence-electron chi connectivity index (χ3n) is 2.77. The van der Waals surface area contributed by atoms with Gasteiger partial charge in [-0.05, 0) is 30.7 Å². The molecular weight excluding hydrogens is 244 g/mol. The van der Waals surface area contributed by atoms with E-state index in [1.165, 1.54) is 0 Å².